The summed E-state index contributed by atoms with van der Waals surface area (Å²) in [4.78, 5) is 6.54. The maximum Gasteiger partial charge on any atom is 0.128 e. The molecule has 57 valence electrons. The summed E-state index contributed by atoms with van der Waals surface area (Å²) in [5, 5.41) is 0. The Kier molecular flexibility index (Phi) is 1.76. The van der Waals surface area contributed by atoms with Crippen LogP contribution in [0.4, 0.5) is 5.82 Å². The summed E-state index contributed by atoms with van der Waals surface area (Å²) in [6, 6.07) is 6.03. The maximum atomic E-state index is 4.27. The highest BCUT2D eigenvalue weighted by Crippen LogP contribution is 2.15. The van der Waals surface area contributed by atoms with Crippen LogP contribution in [-0.2, 0) is 0 Å². The van der Waals surface area contributed by atoms with Crippen LogP contribution < -0.4 is 4.90 Å². The number of hydrogen-bond donors (Lipinski definition) is 0. The minimum absolute atomic E-state index is 1.05. The first-order valence-electron chi connectivity index (χ1n) is 3.94. The molecular weight excluding hydrogens is 136 g/mol. The summed E-state index contributed by atoms with van der Waals surface area (Å²) < 4.78 is 0. The van der Waals surface area contributed by atoms with E-state index in [-0.39, 0.29) is 0 Å². The predicted molar refractivity (Wildman–Crippen MR) is 45.4 cm³/mol. The molecule has 1 aliphatic heterocycles. The van der Waals surface area contributed by atoms with Gasteiger partial charge in [0.2, 0.25) is 0 Å². The number of rotatable bonds is 1. The fourth-order valence-corrected chi connectivity index (χ4v) is 1.33. The third-order valence-corrected chi connectivity index (χ3v) is 1.93. The van der Waals surface area contributed by atoms with Crippen molar-refractivity contribution in [2.45, 2.75) is 6.42 Å². The average Bonchev–Trinajstić information content (AvgIpc) is 2.58. The van der Waals surface area contributed by atoms with Crippen molar-refractivity contribution in [1.29, 1.82) is 0 Å². The molecule has 2 nitrogen and oxygen atoms in total. The molecule has 0 amide bonds. The molecule has 0 aliphatic carbocycles. The molecule has 0 bridgehead atoms. The van der Waals surface area contributed by atoms with Crippen molar-refractivity contribution in [3.8, 4) is 0 Å². The summed E-state index contributed by atoms with van der Waals surface area (Å²) in [7, 11) is 0. The third kappa shape index (κ3) is 1.34. The second kappa shape index (κ2) is 2.91. The van der Waals surface area contributed by atoms with E-state index in [9.17, 15) is 0 Å². The Morgan fingerprint density at radius 3 is 3.00 bits per heavy atom. The lowest BCUT2D eigenvalue weighted by molar-refractivity contribution is 0.938. The molecule has 11 heavy (non-hydrogen) atoms. The molecule has 0 aromatic carbocycles. The second-order valence-electron chi connectivity index (χ2n) is 2.71. The van der Waals surface area contributed by atoms with Gasteiger partial charge in [0.05, 0.1) is 0 Å². The van der Waals surface area contributed by atoms with Gasteiger partial charge in [-0.2, -0.15) is 0 Å². The number of nitrogens with zero attached hydrogens (tertiary/aromatic N) is 2. The fraction of sp³-hybridized carbons (Fsp3) is 0.333. The quantitative estimate of drug-likeness (QED) is 0.598. The zero-order valence-electron chi connectivity index (χ0n) is 6.40. The van der Waals surface area contributed by atoms with Gasteiger partial charge in [-0.3, -0.25) is 0 Å². The highest BCUT2D eigenvalue weighted by Gasteiger charge is 2.12. The van der Waals surface area contributed by atoms with Gasteiger partial charge in [-0.25, -0.2) is 4.98 Å². The van der Waals surface area contributed by atoms with Gasteiger partial charge in [0.15, 0.2) is 0 Å². The van der Waals surface area contributed by atoms with Crippen molar-refractivity contribution in [1.82, 2.24) is 4.98 Å². The van der Waals surface area contributed by atoms with E-state index < -0.39 is 0 Å². The van der Waals surface area contributed by atoms with E-state index in [2.05, 4.69) is 22.4 Å². The van der Waals surface area contributed by atoms with E-state index in [0.29, 0.717) is 0 Å². The summed E-state index contributed by atoms with van der Waals surface area (Å²) >= 11 is 0. The van der Waals surface area contributed by atoms with Crippen LogP contribution in [0.25, 0.3) is 0 Å². The van der Waals surface area contributed by atoms with E-state index in [1.54, 1.807) is 0 Å². The van der Waals surface area contributed by atoms with Crippen molar-refractivity contribution >= 4 is 5.82 Å². The zero-order valence-corrected chi connectivity index (χ0v) is 6.40. The highest BCUT2D eigenvalue weighted by atomic mass is 15.2. The predicted octanol–water partition coefficient (Wildman–Crippen LogP) is 1.50. The van der Waals surface area contributed by atoms with Gasteiger partial charge in [0, 0.05) is 19.3 Å². The monoisotopic (exact) mass is 147 g/mol. The molecule has 1 aromatic heterocycles. The van der Waals surface area contributed by atoms with Crippen molar-refractivity contribution in [2.75, 3.05) is 18.0 Å². The first-order chi connectivity index (χ1) is 5.47. The maximum absolute atomic E-state index is 4.27. The second-order valence-corrected chi connectivity index (χ2v) is 2.71. The van der Waals surface area contributed by atoms with Crippen LogP contribution in [0.5, 0.6) is 0 Å². The third-order valence-electron chi connectivity index (χ3n) is 1.93. The normalized spacial score (nSPS) is 17.3. The molecule has 1 saturated heterocycles. The lowest BCUT2D eigenvalue weighted by Gasteiger charge is -2.14. The van der Waals surface area contributed by atoms with Crippen molar-refractivity contribution in [3.63, 3.8) is 0 Å². The van der Waals surface area contributed by atoms with Gasteiger partial charge in [-0.1, -0.05) is 6.07 Å². The molecule has 0 unspecified atom stereocenters. The summed E-state index contributed by atoms with van der Waals surface area (Å²) in [5.74, 6) is 1.10. The molecule has 1 radical (unpaired) electrons. The molecule has 1 fully saturated rings. The summed E-state index contributed by atoms with van der Waals surface area (Å²) in [5.41, 5.74) is 0. The van der Waals surface area contributed by atoms with E-state index in [1.807, 2.05) is 18.3 Å². The molecular formula is C9H11N2. The van der Waals surface area contributed by atoms with E-state index in [1.165, 1.54) is 6.42 Å². The lowest BCUT2D eigenvalue weighted by Crippen LogP contribution is -2.18. The summed E-state index contributed by atoms with van der Waals surface area (Å²) in [6.07, 6.45) is 5.32. The number of hydrogen-bond acceptors (Lipinski definition) is 2. The van der Waals surface area contributed by atoms with E-state index in [4.69, 9.17) is 0 Å². The number of anilines is 1. The smallest absolute Gasteiger partial charge is 0.128 e. The fourth-order valence-electron chi connectivity index (χ4n) is 1.33. The molecule has 1 aliphatic rings. The Labute approximate surface area is 66.9 Å². The van der Waals surface area contributed by atoms with Crippen LogP contribution in [-0.4, -0.2) is 18.1 Å². The zero-order chi connectivity index (χ0) is 7.52. The Morgan fingerprint density at radius 1 is 1.36 bits per heavy atom. The molecule has 0 N–H and O–H groups in total. The van der Waals surface area contributed by atoms with Crippen LogP contribution in [0, 0.1) is 6.42 Å². The van der Waals surface area contributed by atoms with Crippen LogP contribution >= 0.6 is 0 Å². The topological polar surface area (TPSA) is 16.1 Å². The highest BCUT2D eigenvalue weighted by molar-refractivity contribution is 5.39. The van der Waals surface area contributed by atoms with Crippen LogP contribution in [0.1, 0.15) is 6.42 Å². The minimum Gasteiger partial charge on any atom is -0.356 e. The van der Waals surface area contributed by atoms with Crippen molar-refractivity contribution in [2.24, 2.45) is 0 Å². The first kappa shape index (κ1) is 6.65. The molecule has 0 spiro atoms. The lowest BCUT2D eigenvalue weighted by atomic mass is 10.4. The van der Waals surface area contributed by atoms with Gasteiger partial charge >= 0.3 is 0 Å². The number of aromatic nitrogens is 1. The molecule has 0 atom stereocenters. The minimum atomic E-state index is 1.05. The van der Waals surface area contributed by atoms with Crippen molar-refractivity contribution < 1.29 is 0 Å². The average molecular weight is 147 g/mol. The Morgan fingerprint density at radius 2 is 2.36 bits per heavy atom. The largest absolute Gasteiger partial charge is 0.356 e. The SMILES string of the molecule is [CH]1CCN(c2ccccn2)C1. The first-order valence-corrected chi connectivity index (χ1v) is 3.94. The molecule has 2 heterocycles. The summed E-state index contributed by atoms with van der Waals surface area (Å²) in [6.45, 7) is 2.17. The number of pyridine rings is 1. The Balaban J connectivity index is 2.16. The molecule has 0 saturated carbocycles. The van der Waals surface area contributed by atoms with Gasteiger partial charge in [-0.15, -0.1) is 0 Å². The Bertz CT molecular complexity index is 214. The standard InChI is InChI=1S/C9H11N2/c1-2-6-10-9(5-1)11-7-3-4-8-11/h1-3,5-6H,4,7-8H2. The van der Waals surface area contributed by atoms with Gasteiger partial charge in [0.25, 0.3) is 0 Å². The van der Waals surface area contributed by atoms with Crippen LogP contribution in [0.15, 0.2) is 24.4 Å². The van der Waals surface area contributed by atoms with E-state index in [0.717, 1.165) is 18.9 Å². The van der Waals surface area contributed by atoms with Crippen LogP contribution in [0.3, 0.4) is 0 Å². The van der Waals surface area contributed by atoms with E-state index >= 15 is 0 Å². The van der Waals surface area contributed by atoms with Gasteiger partial charge < -0.3 is 4.90 Å². The molecule has 2 rings (SSSR count). The molecule has 2 heteroatoms. The van der Waals surface area contributed by atoms with Crippen LogP contribution in [0.2, 0.25) is 0 Å². The van der Waals surface area contributed by atoms with Gasteiger partial charge in [-0.05, 0) is 25.0 Å². The van der Waals surface area contributed by atoms with Crippen molar-refractivity contribution in [3.05, 3.63) is 30.8 Å². The van der Waals surface area contributed by atoms with Gasteiger partial charge in [0.1, 0.15) is 5.82 Å². The Hall–Kier alpha value is -1.05. The molecule has 1 aromatic rings.